The number of aromatic nitrogens is 1. The molecule has 1 amide bonds. The highest BCUT2D eigenvalue weighted by Crippen LogP contribution is 2.25. The zero-order valence-corrected chi connectivity index (χ0v) is 13.6. The molecule has 0 radical (unpaired) electrons. The molecule has 0 unspecified atom stereocenters. The van der Waals surface area contributed by atoms with Crippen molar-refractivity contribution in [3.05, 3.63) is 53.2 Å². The Morgan fingerprint density at radius 2 is 2.12 bits per heavy atom. The van der Waals surface area contributed by atoms with E-state index >= 15 is 0 Å². The van der Waals surface area contributed by atoms with Crippen molar-refractivity contribution in [1.29, 1.82) is 0 Å². The monoisotopic (exact) mass is 348 g/mol. The lowest BCUT2D eigenvalue weighted by molar-refractivity contribution is 0.144. The predicted molar refractivity (Wildman–Crippen MR) is 88.7 cm³/mol. The van der Waals surface area contributed by atoms with E-state index in [1.54, 1.807) is 12.1 Å². The summed E-state index contributed by atoms with van der Waals surface area (Å²) in [7, 11) is 0. The Morgan fingerprint density at radius 3 is 2.83 bits per heavy atom. The molecule has 1 fully saturated rings. The van der Waals surface area contributed by atoms with Crippen LogP contribution in [0.2, 0.25) is 5.15 Å². The zero-order chi connectivity index (χ0) is 16.9. The summed E-state index contributed by atoms with van der Waals surface area (Å²) in [5.41, 5.74) is 1.04. The number of hydrogen-bond donors (Lipinski definition) is 1. The van der Waals surface area contributed by atoms with Gasteiger partial charge in [0.25, 0.3) is 0 Å². The molecule has 126 valence electrons. The van der Waals surface area contributed by atoms with E-state index in [-0.39, 0.29) is 11.3 Å². The molecule has 24 heavy (non-hydrogen) atoms. The van der Waals surface area contributed by atoms with Crippen LogP contribution in [0.15, 0.2) is 42.5 Å². The Hall–Kier alpha value is -2.47. The maximum atomic E-state index is 10.9. The molecule has 1 saturated heterocycles. The first-order valence-electron chi connectivity index (χ1n) is 7.59. The fraction of sp³-hybridized carbons (Fsp3) is 0.294. The highest BCUT2D eigenvalue weighted by atomic mass is 35.5. The Bertz CT molecular complexity index is 711. The molecule has 0 bridgehead atoms. The molecule has 1 aliphatic rings. The van der Waals surface area contributed by atoms with Gasteiger partial charge in [-0.25, -0.2) is 9.78 Å². The van der Waals surface area contributed by atoms with E-state index in [1.165, 1.54) is 4.90 Å². The molecule has 2 heterocycles. The lowest BCUT2D eigenvalue weighted by Gasteiger charge is -2.15. The Balaban J connectivity index is 1.62. The number of likely N-dealkylation sites (tertiary alicyclic amines) is 1. The van der Waals surface area contributed by atoms with Crippen LogP contribution in [0.4, 0.5) is 4.79 Å². The van der Waals surface area contributed by atoms with Crippen molar-refractivity contribution in [2.24, 2.45) is 0 Å². The summed E-state index contributed by atoms with van der Waals surface area (Å²) in [6.45, 7) is 1.19. The third-order valence-corrected chi connectivity index (χ3v) is 3.89. The minimum atomic E-state index is -0.938. The number of carboxylic acid groups (broad SMARTS) is 1. The second kappa shape index (κ2) is 7.40. The van der Waals surface area contributed by atoms with E-state index in [0.29, 0.717) is 37.7 Å². The average Bonchev–Trinajstić information content (AvgIpc) is 3.02. The van der Waals surface area contributed by atoms with E-state index in [4.69, 9.17) is 26.2 Å². The smallest absolute Gasteiger partial charge is 0.407 e. The molecule has 7 heteroatoms. The van der Waals surface area contributed by atoms with Gasteiger partial charge >= 0.3 is 6.09 Å². The molecule has 0 spiro atoms. The van der Waals surface area contributed by atoms with Gasteiger partial charge in [-0.15, -0.1) is 0 Å². The van der Waals surface area contributed by atoms with E-state index in [1.807, 2.05) is 30.3 Å². The van der Waals surface area contributed by atoms with Crippen LogP contribution in [0.5, 0.6) is 11.6 Å². The van der Waals surface area contributed by atoms with E-state index in [2.05, 4.69) is 4.98 Å². The van der Waals surface area contributed by atoms with Gasteiger partial charge in [0.2, 0.25) is 5.88 Å². The highest BCUT2D eigenvalue weighted by molar-refractivity contribution is 6.29. The molecule has 0 saturated carbocycles. The minimum Gasteiger partial charge on any atom is -0.489 e. The van der Waals surface area contributed by atoms with Crippen LogP contribution in [-0.2, 0) is 6.61 Å². The van der Waals surface area contributed by atoms with E-state index < -0.39 is 6.09 Å². The van der Waals surface area contributed by atoms with Gasteiger partial charge in [0.05, 0.1) is 6.54 Å². The molecule has 6 nitrogen and oxygen atoms in total. The summed E-state index contributed by atoms with van der Waals surface area (Å²) in [6, 6.07) is 13.1. The molecular weight excluding hydrogens is 332 g/mol. The predicted octanol–water partition coefficient (Wildman–Crippen LogP) is 3.45. The number of nitrogens with zero attached hydrogens (tertiary/aromatic N) is 2. The highest BCUT2D eigenvalue weighted by Gasteiger charge is 2.27. The van der Waals surface area contributed by atoms with Crippen LogP contribution in [0.1, 0.15) is 12.0 Å². The number of amides is 1. The average molecular weight is 349 g/mol. The van der Waals surface area contributed by atoms with Gasteiger partial charge in [-0.3, -0.25) is 0 Å². The fourth-order valence-corrected chi connectivity index (χ4v) is 2.69. The lowest BCUT2D eigenvalue weighted by Crippen LogP contribution is -2.29. The summed E-state index contributed by atoms with van der Waals surface area (Å²) >= 11 is 6.02. The zero-order valence-electron chi connectivity index (χ0n) is 12.9. The van der Waals surface area contributed by atoms with Crippen molar-refractivity contribution in [3.63, 3.8) is 0 Å². The topological polar surface area (TPSA) is 71.9 Å². The van der Waals surface area contributed by atoms with Gasteiger partial charge in [0.1, 0.15) is 23.6 Å². The van der Waals surface area contributed by atoms with E-state index in [0.717, 1.165) is 5.56 Å². The first-order chi connectivity index (χ1) is 11.6. The molecule has 1 aliphatic heterocycles. The summed E-state index contributed by atoms with van der Waals surface area (Å²) in [5, 5.41) is 9.24. The number of hydrogen-bond acceptors (Lipinski definition) is 4. The molecule has 1 N–H and O–H groups in total. The fourth-order valence-electron chi connectivity index (χ4n) is 2.50. The first kappa shape index (κ1) is 16.4. The van der Waals surface area contributed by atoms with Gasteiger partial charge in [-0.1, -0.05) is 41.9 Å². The number of halogens is 1. The maximum Gasteiger partial charge on any atom is 0.407 e. The van der Waals surface area contributed by atoms with Crippen molar-refractivity contribution >= 4 is 17.7 Å². The molecule has 1 aromatic heterocycles. The van der Waals surface area contributed by atoms with Gasteiger partial charge in [0.15, 0.2) is 0 Å². The third kappa shape index (κ3) is 4.29. The number of rotatable bonds is 5. The van der Waals surface area contributed by atoms with Crippen LogP contribution in [0.3, 0.4) is 0 Å². The van der Waals surface area contributed by atoms with Crippen molar-refractivity contribution in [3.8, 4) is 11.6 Å². The summed E-state index contributed by atoms with van der Waals surface area (Å²) in [4.78, 5) is 16.4. The van der Waals surface area contributed by atoms with Crippen LogP contribution in [-0.4, -0.2) is 40.3 Å². The molecule has 2 aromatic rings. The molecule has 0 aliphatic carbocycles. The van der Waals surface area contributed by atoms with Gasteiger partial charge in [-0.2, -0.15) is 0 Å². The SMILES string of the molecule is O=C(O)N1CC[C@H](Oc2cc(OCc3ccccc3)cc(Cl)n2)C1. The quantitative estimate of drug-likeness (QED) is 0.838. The second-order valence-corrected chi connectivity index (χ2v) is 5.88. The molecule has 1 aromatic carbocycles. The number of pyridine rings is 1. The Morgan fingerprint density at radius 1 is 1.33 bits per heavy atom. The molecule has 3 rings (SSSR count). The molecular formula is C17H17ClN2O4. The third-order valence-electron chi connectivity index (χ3n) is 3.70. The number of ether oxygens (including phenoxy) is 2. The van der Waals surface area contributed by atoms with Crippen LogP contribution >= 0.6 is 11.6 Å². The van der Waals surface area contributed by atoms with Crippen molar-refractivity contribution < 1.29 is 19.4 Å². The van der Waals surface area contributed by atoms with E-state index in [9.17, 15) is 4.79 Å². The van der Waals surface area contributed by atoms with Gasteiger partial charge in [-0.05, 0) is 5.56 Å². The number of benzene rings is 1. The lowest BCUT2D eigenvalue weighted by atomic mass is 10.2. The normalized spacial score (nSPS) is 16.9. The van der Waals surface area contributed by atoms with Crippen molar-refractivity contribution in [2.45, 2.75) is 19.1 Å². The number of carbonyl (C=O) groups is 1. The van der Waals surface area contributed by atoms with Gasteiger partial charge in [0, 0.05) is 25.1 Å². The Labute approximate surface area is 144 Å². The van der Waals surface area contributed by atoms with Crippen LogP contribution < -0.4 is 9.47 Å². The first-order valence-corrected chi connectivity index (χ1v) is 7.97. The van der Waals surface area contributed by atoms with Crippen LogP contribution in [0.25, 0.3) is 0 Å². The maximum absolute atomic E-state index is 10.9. The van der Waals surface area contributed by atoms with Gasteiger partial charge < -0.3 is 19.5 Å². The summed E-state index contributed by atoms with van der Waals surface area (Å²) in [6.07, 6.45) is -0.540. The largest absolute Gasteiger partial charge is 0.489 e. The van der Waals surface area contributed by atoms with Crippen molar-refractivity contribution in [2.75, 3.05) is 13.1 Å². The molecule has 1 atom stereocenters. The second-order valence-electron chi connectivity index (χ2n) is 5.50. The van der Waals surface area contributed by atoms with Crippen LogP contribution in [0, 0.1) is 0 Å². The minimum absolute atomic E-state index is 0.228. The summed E-state index contributed by atoms with van der Waals surface area (Å²) in [5.74, 6) is 0.893. The van der Waals surface area contributed by atoms with Crippen molar-refractivity contribution in [1.82, 2.24) is 9.88 Å². The Kier molecular flexibility index (Phi) is 5.05. The summed E-state index contributed by atoms with van der Waals surface area (Å²) < 4.78 is 11.5. The standard InChI is InChI=1S/C17H17ClN2O4/c18-15-8-14(23-11-12-4-2-1-3-5-12)9-16(19-15)24-13-6-7-20(10-13)17(21)22/h1-5,8-9,13H,6-7,10-11H2,(H,21,22)/t13-/m0/s1.